The maximum Gasteiger partial charge on any atom is 0.172 e. The van der Waals surface area contributed by atoms with E-state index in [1.807, 2.05) is 0 Å². The van der Waals surface area contributed by atoms with Crippen molar-refractivity contribution < 1.29 is 9.84 Å². The van der Waals surface area contributed by atoms with E-state index in [9.17, 15) is 5.11 Å². The van der Waals surface area contributed by atoms with Crippen LogP contribution >= 0.6 is 0 Å². The molecule has 0 bridgehead atoms. The van der Waals surface area contributed by atoms with Gasteiger partial charge >= 0.3 is 0 Å². The number of nitrogen functional groups attached to an aromatic ring is 1. The third-order valence-corrected chi connectivity index (χ3v) is 3.00. The number of ether oxygens (including phenoxy) is 1. The Bertz CT molecular complexity index is 702. The lowest BCUT2D eigenvalue weighted by Crippen LogP contribution is -2.31. The Balaban J connectivity index is 2.02. The van der Waals surface area contributed by atoms with E-state index < -0.39 is 11.8 Å². The number of anilines is 1. The van der Waals surface area contributed by atoms with Crippen LogP contribution < -0.4 is 5.73 Å². The van der Waals surface area contributed by atoms with E-state index in [1.165, 1.54) is 6.33 Å². The molecule has 0 saturated carbocycles. The second-order valence-electron chi connectivity index (χ2n) is 4.14. The second-order valence-corrected chi connectivity index (χ2v) is 4.14. The molecule has 1 aliphatic rings. The molecule has 2 aromatic heterocycles. The molecular weight excluding hydrogens is 246 g/mol. The van der Waals surface area contributed by atoms with Crippen molar-refractivity contribution in [3.8, 4) is 12.3 Å². The summed E-state index contributed by atoms with van der Waals surface area (Å²) in [5.41, 5.74) is 5.67. The number of terminal acetylenes is 1. The Morgan fingerprint density at radius 2 is 2.37 bits per heavy atom. The Labute approximate surface area is 108 Å². The lowest BCUT2D eigenvalue weighted by molar-refractivity contribution is -0.0470. The number of aromatic nitrogens is 4. The fraction of sp³-hybridized carbons (Fsp3) is 0.250. The molecule has 3 N–H and O–H groups in total. The minimum atomic E-state index is -1.10. The molecule has 0 amide bonds. The molecule has 0 radical (unpaired) electrons. The molecular formula is C12H11N5O2. The molecule has 0 aliphatic carbocycles. The van der Waals surface area contributed by atoms with Crippen molar-refractivity contribution in [1.82, 2.24) is 19.5 Å². The maximum atomic E-state index is 9.30. The first kappa shape index (κ1) is 11.6. The number of rotatable bonds is 2. The standard InChI is InChI=1S/C12H11N5O2/c1-2-12(5-18)4-3-8(19-12)17-7-16-9-10(13)14-6-15-11(9)17/h1,3-4,6-8,18H,5H2,(H2,13,14,15)/t8-,12+/m1/s1. The average molecular weight is 257 g/mol. The minimum absolute atomic E-state index is 0.291. The van der Waals surface area contributed by atoms with Crippen LogP contribution in [0.1, 0.15) is 6.23 Å². The first-order valence-corrected chi connectivity index (χ1v) is 5.58. The van der Waals surface area contributed by atoms with Crippen molar-refractivity contribution >= 4 is 17.0 Å². The average Bonchev–Trinajstić information content (AvgIpc) is 3.03. The normalized spacial score (nSPS) is 25.8. The third kappa shape index (κ3) is 1.66. The fourth-order valence-electron chi connectivity index (χ4n) is 1.96. The number of imidazole rings is 1. The van der Waals surface area contributed by atoms with Crippen molar-refractivity contribution in [2.75, 3.05) is 12.3 Å². The predicted molar refractivity (Wildman–Crippen MR) is 67.6 cm³/mol. The summed E-state index contributed by atoms with van der Waals surface area (Å²) >= 11 is 0. The largest absolute Gasteiger partial charge is 0.392 e. The van der Waals surface area contributed by atoms with E-state index >= 15 is 0 Å². The van der Waals surface area contributed by atoms with Gasteiger partial charge in [0.1, 0.15) is 11.8 Å². The zero-order valence-corrected chi connectivity index (χ0v) is 9.89. The minimum Gasteiger partial charge on any atom is -0.392 e. The first-order chi connectivity index (χ1) is 9.19. The molecule has 0 saturated heterocycles. The van der Waals surface area contributed by atoms with Crippen LogP contribution in [0, 0.1) is 12.3 Å². The first-order valence-electron chi connectivity index (χ1n) is 5.58. The molecule has 7 heteroatoms. The van der Waals surface area contributed by atoms with E-state index in [2.05, 4.69) is 20.9 Å². The van der Waals surface area contributed by atoms with Crippen LogP contribution in [0.15, 0.2) is 24.8 Å². The van der Waals surface area contributed by atoms with Crippen LogP contribution in [0.25, 0.3) is 11.2 Å². The zero-order valence-electron chi connectivity index (χ0n) is 9.89. The van der Waals surface area contributed by atoms with Crippen LogP contribution in [0.4, 0.5) is 5.82 Å². The molecule has 0 spiro atoms. The molecule has 0 unspecified atom stereocenters. The number of aliphatic hydroxyl groups is 1. The maximum absolute atomic E-state index is 9.30. The van der Waals surface area contributed by atoms with Gasteiger partial charge in [-0.2, -0.15) is 0 Å². The van der Waals surface area contributed by atoms with Gasteiger partial charge in [-0.3, -0.25) is 4.57 Å². The van der Waals surface area contributed by atoms with Gasteiger partial charge in [0, 0.05) is 0 Å². The summed E-state index contributed by atoms with van der Waals surface area (Å²) in [5.74, 6) is 2.73. The number of hydrogen-bond acceptors (Lipinski definition) is 6. The van der Waals surface area contributed by atoms with Gasteiger partial charge in [0.15, 0.2) is 23.3 Å². The Kier molecular flexibility index (Phi) is 2.48. The monoisotopic (exact) mass is 257 g/mol. The molecule has 3 rings (SSSR count). The van der Waals surface area contributed by atoms with E-state index in [1.54, 1.807) is 23.0 Å². The van der Waals surface area contributed by atoms with Gasteiger partial charge in [-0.05, 0) is 12.2 Å². The highest BCUT2D eigenvalue weighted by Gasteiger charge is 2.34. The number of fused-ring (bicyclic) bond motifs is 1. The second kappa shape index (κ2) is 4.05. The summed E-state index contributed by atoms with van der Waals surface area (Å²) < 4.78 is 7.34. The van der Waals surface area contributed by atoms with Gasteiger partial charge in [0.25, 0.3) is 0 Å². The summed E-state index contributed by atoms with van der Waals surface area (Å²) in [6, 6.07) is 0. The Hall–Kier alpha value is -2.43. The highest BCUT2D eigenvalue weighted by Crippen LogP contribution is 2.31. The van der Waals surface area contributed by atoms with Gasteiger partial charge in [0.2, 0.25) is 0 Å². The van der Waals surface area contributed by atoms with Crippen LogP contribution in [0.5, 0.6) is 0 Å². The summed E-state index contributed by atoms with van der Waals surface area (Å²) in [6.45, 7) is -0.291. The van der Waals surface area contributed by atoms with Crippen molar-refractivity contribution in [3.05, 3.63) is 24.8 Å². The van der Waals surface area contributed by atoms with E-state index in [0.717, 1.165) is 0 Å². The smallest absolute Gasteiger partial charge is 0.172 e. The molecule has 2 atom stereocenters. The zero-order chi connectivity index (χ0) is 13.5. The van der Waals surface area contributed by atoms with Crippen molar-refractivity contribution in [2.24, 2.45) is 0 Å². The Morgan fingerprint density at radius 1 is 1.53 bits per heavy atom. The molecule has 2 aromatic rings. The molecule has 19 heavy (non-hydrogen) atoms. The number of aliphatic hydroxyl groups excluding tert-OH is 1. The molecule has 0 fully saturated rings. The van der Waals surface area contributed by atoms with Gasteiger partial charge < -0.3 is 15.6 Å². The summed E-state index contributed by atoms with van der Waals surface area (Å²) in [4.78, 5) is 12.1. The van der Waals surface area contributed by atoms with Crippen LogP contribution in [0.3, 0.4) is 0 Å². The fourth-order valence-corrected chi connectivity index (χ4v) is 1.96. The predicted octanol–water partition coefficient (Wildman–Crippen LogP) is -0.142. The number of nitrogens with two attached hydrogens (primary N) is 1. The molecule has 3 heterocycles. The van der Waals surface area contributed by atoms with Gasteiger partial charge in [-0.1, -0.05) is 5.92 Å². The van der Waals surface area contributed by atoms with Crippen LogP contribution in [-0.2, 0) is 4.74 Å². The molecule has 7 nitrogen and oxygen atoms in total. The Morgan fingerprint density at radius 3 is 3.05 bits per heavy atom. The quantitative estimate of drug-likeness (QED) is 0.573. The summed E-state index contributed by atoms with van der Waals surface area (Å²) in [7, 11) is 0. The summed E-state index contributed by atoms with van der Waals surface area (Å²) in [5, 5.41) is 9.30. The number of hydrogen-bond donors (Lipinski definition) is 2. The molecule has 96 valence electrons. The molecule has 0 aromatic carbocycles. The van der Waals surface area contributed by atoms with Gasteiger partial charge in [-0.25, -0.2) is 15.0 Å². The van der Waals surface area contributed by atoms with E-state index in [-0.39, 0.29) is 6.61 Å². The highest BCUT2D eigenvalue weighted by atomic mass is 16.5. The molecule has 1 aliphatic heterocycles. The van der Waals surface area contributed by atoms with Crippen LogP contribution in [-0.4, -0.2) is 36.8 Å². The summed E-state index contributed by atoms with van der Waals surface area (Å²) in [6.07, 6.45) is 11.2. The SMILES string of the molecule is C#C[C@@]1(CO)C=C[C@H](n2cnc3c(N)ncnc32)O1. The van der Waals surface area contributed by atoms with Crippen molar-refractivity contribution in [1.29, 1.82) is 0 Å². The topological polar surface area (TPSA) is 99.1 Å². The van der Waals surface area contributed by atoms with Gasteiger partial charge in [0.05, 0.1) is 12.9 Å². The number of nitrogens with zero attached hydrogens (tertiary/aromatic N) is 4. The van der Waals surface area contributed by atoms with Crippen molar-refractivity contribution in [2.45, 2.75) is 11.8 Å². The lowest BCUT2D eigenvalue weighted by Gasteiger charge is -2.21. The van der Waals surface area contributed by atoms with Gasteiger partial charge in [-0.15, -0.1) is 6.42 Å². The lowest BCUT2D eigenvalue weighted by atomic mass is 10.1. The third-order valence-electron chi connectivity index (χ3n) is 3.00. The van der Waals surface area contributed by atoms with E-state index in [4.69, 9.17) is 16.9 Å². The van der Waals surface area contributed by atoms with Crippen molar-refractivity contribution in [3.63, 3.8) is 0 Å². The van der Waals surface area contributed by atoms with E-state index in [0.29, 0.717) is 17.0 Å². The van der Waals surface area contributed by atoms with Crippen LogP contribution in [0.2, 0.25) is 0 Å². The highest BCUT2D eigenvalue weighted by molar-refractivity contribution is 5.81.